The lowest BCUT2D eigenvalue weighted by molar-refractivity contribution is 0.0953. The molecule has 0 radical (unpaired) electrons. The van der Waals surface area contributed by atoms with Gasteiger partial charge in [0.05, 0.1) is 0 Å². The second-order valence-electron chi connectivity index (χ2n) is 5.60. The van der Waals surface area contributed by atoms with Gasteiger partial charge >= 0.3 is 0 Å². The monoisotopic (exact) mass is 325 g/mol. The van der Waals surface area contributed by atoms with Gasteiger partial charge in [0.1, 0.15) is 5.69 Å². The number of amides is 2. The molecular formula is C19H23N3O2. The first-order chi connectivity index (χ1) is 11.6. The van der Waals surface area contributed by atoms with Crippen LogP contribution in [0.5, 0.6) is 0 Å². The number of aryl methyl sites for hydroxylation is 2. The van der Waals surface area contributed by atoms with E-state index in [0.29, 0.717) is 12.1 Å². The van der Waals surface area contributed by atoms with E-state index in [1.807, 2.05) is 39.0 Å². The molecule has 0 aliphatic carbocycles. The molecule has 0 aliphatic heterocycles. The number of benzene rings is 1. The minimum atomic E-state index is -0.316. The molecule has 0 atom stereocenters. The third-order valence-corrected chi connectivity index (χ3v) is 3.77. The van der Waals surface area contributed by atoms with Crippen molar-refractivity contribution < 1.29 is 9.59 Å². The Bertz CT molecular complexity index is 741. The molecule has 2 aromatic rings. The lowest BCUT2D eigenvalue weighted by Crippen LogP contribution is -2.24. The Kier molecular flexibility index (Phi) is 6.07. The van der Waals surface area contributed by atoms with Gasteiger partial charge < -0.3 is 10.6 Å². The van der Waals surface area contributed by atoms with Crippen LogP contribution in [0.2, 0.25) is 0 Å². The molecule has 1 aromatic carbocycles. The number of hydrogen-bond donors (Lipinski definition) is 2. The van der Waals surface area contributed by atoms with E-state index in [4.69, 9.17) is 0 Å². The molecule has 5 nitrogen and oxygen atoms in total. The Morgan fingerprint density at radius 1 is 1.12 bits per heavy atom. The molecule has 24 heavy (non-hydrogen) atoms. The SMILES string of the molecule is CCCNC(=O)c1ccnc(C(=O)Nc2c(C)cccc2CC)c1. The van der Waals surface area contributed by atoms with Crippen molar-refractivity contribution in [2.75, 3.05) is 11.9 Å². The molecule has 2 amide bonds. The van der Waals surface area contributed by atoms with Crippen molar-refractivity contribution in [3.05, 3.63) is 58.9 Å². The molecule has 0 bridgehead atoms. The first-order valence-corrected chi connectivity index (χ1v) is 8.20. The van der Waals surface area contributed by atoms with Crippen molar-refractivity contribution in [3.8, 4) is 0 Å². The Labute approximate surface area is 142 Å². The van der Waals surface area contributed by atoms with Crippen LogP contribution in [-0.2, 0) is 6.42 Å². The highest BCUT2D eigenvalue weighted by Gasteiger charge is 2.14. The summed E-state index contributed by atoms with van der Waals surface area (Å²) in [5, 5.41) is 5.72. The number of para-hydroxylation sites is 1. The molecule has 0 saturated heterocycles. The minimum Gasteiger partial charge on any atom is -0.352 e. The van der Waals surface area contributed by atoms with Gasteiger partial charge in [-0.2, -0.15) is 0 Å². The summed E-state index contributed by atoms with van der Waals surface area (Å²) in [6.45, 7) is 6.59. The smallest absolute Gasteiger partial charge is 0.274 e. The summed E-state index contributed by atoms with van der Waals surface area (Å²) in [5.74, 6) is -0.511. The molecule has 1 aromatic heterocycles. The highest BCUT2D eigenvalue weighted by molar-refractivity contribution is 6.05. The van der Waals surface area contributed by atoms with E-state index in [-0.39, 0.29) is 17.5 Å². The Morgan fingerprint density at radius 3 is 2.62 bits per heavy atom. The predicted molar refractivity (Wildman–Crippen MR) is 95.4 cm³/mol. The first kappa shape index (κ1) is 17.7. The fourth-order valence-corrected chi connectivity index (χ4v) is 2.42. The average molecular weight is 325 g/mol. The van der Waals surface area contributed by atoms with Crippen LogP contribution in [0.4, 0.5) is 5.69 Å². The van der Waals surface area contributed by atoms with Gasteiger partial charge in [-0.05, 0) is 43.0 Å². The second kappa shape index (κ2) is 8.24. The normalized spacial score (nSPS) is 10.3. The molecule has 126 valence electrons. The van der Waals surface area contributed by atoms with Crippen LogP contribution in [0.1, 0.15) is 52.2 Å². The zero-order valence-corrected chi connectivity index (χ0v) is 14.3. The van der Waals surface area contributed by atoms with E-state index in [0.717, 1.165) is 29.7 Å². The molecule has 2 rings (SSSR count). The number of carbonyl (C=O) groups is 2. The van der Waals surface area contributed by atoms with Gasteiger partial charge in [-0.15, -0.1) is 0 Å². The minimum absolute atomic E-state index is 0.196. The summed E-state index contributed by atoms with van der Waals surface area (Å²) >= 11 is 0. The summed E-state index contributed by atoms with van der Waals surface area (Å²) in [4.78, 5) is 28.6. The Balaban J connectivity index is 2.21. The first-order valence-electron chi connectivity index (χ1n) is 8.20. The van der Waals surface area contributed by atoms with E-state index in [1.54, 1.807) is 6.07 Å². The lowest BCUT2D eigenvalue weighted by atomic mass is 10.1. The van der Waals surface area contributed by atoms with Gasteiger partial charge in [0, 0.05) is 24.0 Å². The molecule has 1 heterocycles. The van der Waals surface area contributed by atoms with E-state index >= 15 is 0 Å². The van der Waals surface area contributed by atoms with E-state index in [9.17, 15) is 9.59 Å². The summed E-state index contributed by atoms with van der Waals surface area (Å²) in [5.41, 5.74) is 3.54. The number of aromatic nitrogens is 1. The van der Waals surface area contributed by atoms with Crippen LogP contribution < -0.4 is 10.6 Å². The van der Waals surface area contributed by atoms with Gasteiger partial charge in [0.15, 0.2) is 0 Å². The third-order valence-electron chi connectivity index (χ3n) is 3.77. The van der Waals surface area contributed by atoms with Crippen LogP contribution in [0, 0.1) is 6.92 Å². The van der Waals surface area contributed by atoms with Crippen LogP contribution in [-0.4, -0.2) is 23.3 Å². The van der Waals surface area contributed by atoms with E-state index in [2.05, 4.69) is 15.6 Å². The summed E-state index contributed by atoms with van der Waals surface area (Å²) in [7, 11) is 0. The maximum absolute atomic E-state index is 12.5. The molecule has 0 unspecified atom stereocenters. The highest BCUT2D eigenvalue weighted by atomic mass is 16.2. The molecule has 2 N–H and O–H groups in total. The molecule has 0 aliphatic rings. The Hall–Kier alpha value is -2.69. The van der Waals surface area contributed by atoms with Gasteiger partial charge in [-0.1, -0.05) is 32.0 Å². The summed E-state index contributed by atoms with van der Waals surface area (Å²) in [6.07, 6.45) is 3.16. The Morgan fingerprint density at radius 2 is 1.92 bits per heavy atom. The summed E-state index contributed by atoms with van der Waals surface area (Å²) in [6, 6.07) is 9.04. The van der Waals surface area contributed by atoms with Crippen LogP contribution in [0.25, 0.3) is 0 Å². The van der Waals surface area contributed by atoms with Crippen LogP contribution in [0.3, 0.4) is 0 Å². The number of nitrogens with one attached hydrogen (secondary N) is 2. The number of hydrogen-bond acceptors (Lipinski definition) is 3. The van der Waals surface area contributed by atoms with Gasteiger partial charge in [0.2, 0.25) is 0 Å². The zero-order chi connectivity index (χ0) is 17.5. The van der Waals surface area contributed by atoms with Crippen LogP contribution in [0.15, 0.2) is 36.5 Å². The summed E-state index contributed by atoms with van der Waals surface area (Å²) < 4.78 is 0. The number of rotatable bonds is 6. The third kappa shape index (κ3) is 4.19. The molecule has 5 heteroatoms. The number of pyridine rings is 1. The second-order valence-corrected chi connectivity index (χ2v) is 5.60. The topological polar surface area (TPSA) is 71.1 Å². The molecule has 0 saturated carbocycles. The van der Waals surface area contributed by atoms with Crippen molar-refractivity contribution in [3.63, 3.8) is 0 Å². The van der Waals surface area contributed by atoms with Crippen LogP contribution >= 0.6 is 0 Å². The van der Waals surface area contributed by atoms with E-state index < -0.39 is 0 Å². The molecule has 0 fully saturated rings. The van der Waals surface area contributed by atoms with Crippen molar-refractivity contribution in [1.29, 1.82) is 0 Å². The highest BCUT2D eigenvalue weighted by Crippen LogP contribution is 2.21. The predicted octanol–water partition coefficient (Wildman–Crippen LogP) is 3.34. The average Bonchev–Trinajstić information content (AvgIpc) is 2.61. The fraction of sp³-hybridized carbons (Fsp3) is 0.316. The maximum atomic E-state index is 12.5. The largest absolute Gasteiger partial charge is 0.352 e. The van der Waals surface area contributed by atoms with Gasteiger partial charge in [-0.25, -0.2) is 0 Å². The van der Waals surface area contributed by atoms with Crippen molar-refractivity contribution in [1.82, 2.24) is 10.3 Å². The van der Waals surface area contributed by atoms with Crippen molar-refractivity contribution >= 4 is 17.5 Å². The lowest BCUT2D eigenvalue weighted by Gasteiger charge is -2.13. The van der Waals surface area contributed by atoms with Gasteiger partial charge in [-0.3, -0.25) is 14.6 Å². The fourth-order valence-electron chi connectivity index (χ4n) is 2.42. The van der Waals surface area contributed by atoms with Crippen molar-refractivity contribution in [2.24, 2.45) is 0 Å². The standard InChI is InChI=1S/C19H23N3O2/c1-4-10-21-18(23)15-9-11-20-16(12-15)19(24)22-17-13(3)7-6-8-14(17)5-2/h6-9,11-12H,4-5,10H2,1-3H3,(H,21,23)(H,22,24). The number of nitrogens with zero attached hydrogens (tertiary/aromatic N) is 1. The van der Waals surface area contributed by atoms with E-state index in [1.165, 1.54) is 12.3 Å². The quantitative estimate of drug-likeness (QED) is 0.855. The van der Waals surface area contributed by atoms with Gasteiger partial charge in [0.25, 0.3) is 11.8 Å². The maximum Gasteiger partial charge on any atom is 0.274 e. The number of carbonyl (C=O) groups excluding carboxylic acids is 2. The zero-order valence-electron chi connectivity index (χ0n) is 14.3. The number of anilines is 1. The molecular weight excluding hydrogens is 302 g/mol. The molecule has 0 spiro atoms. The van der Waals surface area contributed by atoms with Crippen molar-refractivity contribution in [2.45, 2.75) is 33.6 Å².